The van der Waals surface area contributed by atoms with Gasteiger partial charge < -0.3 is 14.7 Å². The van der Waals surface area contributed by atoms with Crippen LogP contribution >= 0.6 is 11.6 Å². The number of nitrogens with zero attached hydrogens (tertiary/aromatic N) is 5. The predicted octanol–water partition coefficient (Wildman–Crippen LogP) is 6.57. The first kappa shape index (κ1) is 30.6. The summed E-state index contributed by atoms with van der Waals surface area (Å²) in [6.45, 7) is 15.2. The third-order valence-corrected chi connectivity index (χ3v) is 10.5. The molecule has 1 aromatic heterocycles. The van der Waals surface area contributed by atoms with E-state index in [2.05, 4.69) is 71.8 Å². The number of piperazine rings is 1. The summed E-state index contributed by atoms with van der Waals surface area (Å²) >= 11 is 5.86. The Morgan fingerprint density at radius 2 is 1.83 bits per heavy atom. The van der Waals surface area contributed by atoms with E-state index in [0.717, 1.165) is 94.3 Å². The van der Waals surface area contributed by atoms with Crippen LogP contribution < -0.4 is 4.74 Å². The van der Waals surface area contributed by atoms with E-state index >= 15 is 0 Å². The van der Waals surface area contributed by atoms with E-state index in [1.807, 2.05) is 6.07 Å². The van der Waals surface area contributed by atoms with Gasteiger partial charge in [-0.2, -0.15) is 0 Å². The maximum atomic E-state index is 11.5. The fraction of sp³-hybridized carbons (Fsp3) is 0.758. The number of rotatable bonds is 11. The molecule has 0 spiro atoms. The number of phenolic OH excluding ortho intramolecular Hbond substituents is 1. The highest BCUT2D eigenvalue weighted by atomic mass is 35.5. The van der Waals surface area contributed by atoms with Gasteiger partial charge in [0, 0.05) is 62.8 Å². The number of alkyl halides is 1. The molecule has 0 radical (unpaired) electrons. The molecule has 1 N–H and O–H groups in total. The average molecular weight is 586 g/mol. The molecule has 1 saturated heterocycles. The van der Waals surface area contributed by atoms with Gasteiger partial charge in [0.15, 0.2) is 0 Å². The Bertz CT molecular complexity index is 1160. The Morgan fingerprint density at radius 1 is 1.07 bits per heavy atom. The Labute approximate surface area is 252 Å². The van der Waals surface area contributed by atoms with Crippen molar-refractivity contribution >= 4 is 11.6 Å². The van der Waals surface area contributed by atoms with Gasteiger partial charge in [-0.15, -0.1) is 16.7 Å². The van der Waals surface area contributed by atoms with Gasteiger partial charge in [-0.3, -0.25) is 9.58 Å². The zero-order valence-electron chi connectivity index (χ0n) is 26.0. The topological polar surface area (TPSA) is 66.7 Å². The molecule has 2 aliphatic heterocycles. The Hall–Kier alpha value is -1.83. The van der Waals surface area contributed by atoms with Crippen molar-refractivity contribution in [3.63, 3.8) is 0 Å². The highest BCUT2D eigenvalue weighted by Crippen LogP contribution is 2.56. The van der Waals surface area contributed by atoms with E-state index < -0.39 is 0 Å². The van der Waals surface area contributed by atoms with E-state index in [0.29, 0.717) is 17.6 Å². The SMILES string of the molecule is CN1CCN(Cc2cn(C[C@@H]3CC[C@@H]4[C@@H](C3)c3c(O)cc(C(C)(C)CCCCCCCl)cc3OC4(C)C)nn2)CC1. The summed E-state index contributed by atoms with van der Waals surface area (Å²) in [6.07, 6.45) is 11.1. The Balaban J connectivity index is 1.27. The molecule has 8 heteroatoms. The minimum absolute atomic E-state index is 0.0259. The zero-order valence-corrected chi connectivity index (χ0v) is 26.8. The fourth-order valence-electron chi connectivity index (χ4n) is 7.55. The number of aromatic nitrogens is 3. The van der Waals surface area contributed by atoms with E-state index in [9.17, 15) is 5.11 Å². The number of halogens is 1. The first-order chi connectivity index (χ1) is 19.6. The van der Waals surface area contributed by atoms with Crippen molar-refractivity contribution in [2.45, 2.75) is 109 Å². The van der Waals surface area contributed by atoms with Crippen molar-refractivity contribution in [1.29, 1.82) is 0 Å². The number of ether oxygens (including phenoxy) is 1. The summed E-state index contributed by atoms with van der Waals surface area (Å²) < 4.78 is 8.74. The second kappa shape index (κ2) is 12.8. The average Bonchev–Trinajstić information content (AvgIpc) is 3.35. The molecule has 0 amide bonds. The zero-order chi connectivity index (χ0) is 29.2. The van der Waals surface area contributed by atoms with Crippen LogP contribution in [-0.2, 0) is 18.5 Å². The minimum atomic E-state index is -0.262. The van der Waals surface area contributed by atoms with Crippen molar-refractivity contribution in [3.8, 4) is 11.5 Å². The van der Waals surface area contributed by atoms with Crippen molar-refractivity contribution in [1.82, 2.24) is 24.8 Å². The van der Waals surface area contributed by atoms with Crippen molar-refractivity contribution < 1.29 is 9.84 Å². The van der Waals surface area contributed by atoms with Crippen molar-refractivity contribution in [2.75, 3.05) is 39.1 Å². The number of likely N-dealkylation sites (N-methyl/N-ethyl adjacent to an activating group) is 1. The Kier molecular flexibility index (Phi) is 9.57. The second-order valence-corrected chi connectivity index (χ2v) is 14.6. The monoisotopic (exact) mass is 585 g/mol. The highest BCUT2D eigenvalue weighted by molar-refractivity contribution is 6.17. The van der Waals surface area contributed by atoms with Crippen LogP contribution in [0.5, 0.6) is 11.5 Å². The summed E-state index contributed by atoms with van der Waals surface area (Å²) in [5, 5.41) is 20.5. The van der Waals surface area contributed by atoms with Crippen LogP contribution in [-0.4, -0.2) is 74.6 Å². The molecule has 3 atom stereocenters. The molecule has 3 aliphatic rings. The fourth-order valence-corrected chi connectivity index (χ4v) is 7.74. The first-order valence-electron chi connectivity index (χ1n) is 16.0. The molecule has 2 fully saturated rings. The van der Waals surface area contributed by atoms with Gasteiger partial charge in [-0.25, -0.2) is 0 Å². The maximum Gasteiger partial charge on any atom is 0.127 e. The van der Waals surface area contributed by atoms with Crippen molar-refractivity contribution in [3.05, 3.63) is 35.2 Å². The van der Waals surface area contributed by atoms with Gasteiger partial charge in [-0.05, 0) is 87.9 Å². The molecule has 3 heterocycles. The van der Waals surface area contributed by atoms with E-state index in [-0.39, 0.29) is 16.9 Å². The van der Waals surface area contributed by atoms with Gasteiger partial charge in [0.1, 0.15) is 17.1 Å². The molecule has 41 heavy (non-hydrogen) atoms. The molecule has 228 valence electrons. The second-order valence-electron chi connectivity index (χ2n) is 14.3. The summed E-state index contributed by atoms with van der Waals surface area (Å²) in [5.41, 5.74) is 2.97. The first-order valence-corrected chi connectivity index (χ1v) is 16.5. The lowest BCUT2D eigenvalue weighted by molar-refractivity contribution is -0.0178. The molecule has 1 aromatic carbocycles. The van der Waals surface area contributed by atoms with Crippen LogP contribution in [0.15, 0.2) is 18.3 Å². The van der Waals surface area contributed by atoms with E-state index in [4.69, 9.17) is 16.3 Å². The lowest BCUT2D eigenvalue weighted by Crippen LogP contribution is -2.47. The molecule has 1 saturated carbocycles. The van der Waals surface area contributed by atoms with E-state index in [1.165, 1.54) is 24.8 Å². The Morgan fingerprint density at radius 3 is 2.59 bits per heavy atom. The van der Waals surface area contributed by atoms with Gasteiger partial charge >= 0.3 is 0 Å². The normalized spacial score (nSPS) is 25.0. The number of hydrogen-bond donors (Lipinski definition) is 1. The van der Waals surface area contributed by atoms with Gasteiger partial charge in [-0.1, -0.05) is 38.3 Å². The molecule has 2 aromatic rings. The molecule has 1 aliphatic carbocycles. The highest BCUT2D eigenvalue weighted by Gasteiger charge is 2.48. The van der Waals surface area contributed by atoms with Crippen LogP contribution in [0.2, 0.25) is 0 Å². The summed E-state index contributed by atoms with van der Waals surface area (Å²) in [5.74, 6) is 3.22. The molecular weight excluding hydrogens is 534 g/mol. The summed E-state index contributed by atoms with van der Waals surface area (Å²) in [6, 6.07) is 4.26. The van der Waals surface area contributed by atoms with E-state index in [1.54, 1.807) is 0 Å². The van der Waals surface area contributed by atoms with Crippen LogP contribution in [0.1, 0.15) is 102 Å². The van der Waals surface area contributed by atoms with Gasteiger partial charge in [0.2, 0.25) is 0 Å². The molecule has 7 nitrogen and oxygen atoms in total. The smallest absolute Gasteiger partial charge is 0.127 e. The lowest BCUT2D eigenvalue weighted by Gasteiger charge is -2.49. The third kappa shape index (κ3) is 7.22. The van der Waals surface area contributed by atoms with Crippen LogP contribution in [0.4, 0.5) is 0 Å². The molecular formula is C33H52ClN5O2. The van der Waals surface area contributed by atoms with Crippen LogP contribution in [0.3, 0.4) is 0 Å². The largest absolute Gasteiger partial charge is 0.508 e. The number of fused-ring (bicyclic) bond motifs is 3. The number of hydrogen-bond acceptors (Lipinski definition) is 6. The van der Waals surface area contributed by atoms with Crippen LogP contribution in [0, 0.1) is 11.8 Å². The lowest BCUT2D eigenvalue weighted by atomic mass is 9.63. The number of aromatic hydroxyl groups is 1. The maximum absolute atomic E-state index is 11.5. The van der Waals surface area contributed by atoms with Gasteiger partial charge in [0.05, 0.1) is 5.69 Å². The quantitative estimate of drug-likeness (QED) is 0.238. The third-order valence-electron chi connectivity index (χ3n) is 10.2. The standard InChI is InChI=1S/C33H52ClN5O2/c1-32(2,12-8-6-7-9-13-34)25-19-29(40)31-27-18-24(10-11-28(27)33(3,4)41-30(31)20-25)21-39-23-26(35-36-39)22-38-16-14-37(5)15-17-38/h19-20,23-24,27-28,40H,6-18,21-22H2,1-5H3/t24-,27-,28-/m1/s1. The summed E-state index contributed by atoms with van der Waals surface area (Å²) in [7, 11) is 2.19. The summed E-state index contributed by atoms with van der Waals surface area (Å²) in [4.78, 5) is 4.85. The van der Waals surface area contributed by atoms with Crippen molar-refractivity contribution in [2.24, 2.45) is 11.8 Å². The number of benzene rings is 1. The molecule has 0 unspecified atom stereocenters. The number of phenols is 1. The predicted molar refractivity (Wildman–Crippen MR) is 166 cm³/mol. The van der Waals surface area contributed by atoms with Gasteiger partial charge in [0.25, 0.3) is 0 Å². The number of unbranched alkanes of at least 4 members (excludes halogenated alkanes) is 3. The molecule has 5 rings (SSSR count). The molecule has 0 bridgehead atoms. The minimum Gasteiger partial charge on any atom is -0.508 e. The van der Waals surface area contributed by atoms with Crippen LogP contribution in [0.25, 0.3) is 0 Å².